The van der Waals surface area contributed by atoms with Crippen molar-refractivity contribution in [2.24, 2.45) is 0 Å². The van der Waals surface area contributed by atoms with Gasteiger partial charge in [-0.15, -0.1) is 11.6 Å². The third-order valence-electron chi connectivity index (χ3n) is 2.56. The zero-order valence-corrected chi connectivity index (χ0v) is 11.8. The smallest absolute Gasteiger partial charge is 0.419 e. The average Bonchev–Trinajstić information content (AvgIpc) is 2.66. The van der Waals surface area contributed by atoms with E-state index in [4.69, 9.17) is 16.3 Å². The molecule has 0 spiro atoms. The lowest BCUT2D eigenvalue weighted by Gasteiger charge is -2.20. The highest BCUT2D eigenvalue weighted by molar-refractivity contribution is 6.17. The molecule has 5 heteroatoms. The van der Waals surface area contributed by atoms with Crippen molar-refractivity contribution in [3.8, 4) is 0 Å². The number of hydrogen-bond donors (Lipinski definition) is 0. The lowest BCUT2D eigenvalue weighted by molar-refractivity contribution is 0.0540. The summed E-state index contributed by atoms with van der Waals surface area (Å²) in [5.74, 6) is -0.368. The Hall–Kier alpha value is -1.55. The van der Waals surface area contributed by atoms with Crippen LogP contribution in [-0.2, 0) is 10.6 Å². The number of nitrogens with zero attached hydrogens (tertiary/aromatic N) is 1. The molecule has 0 radical (unpaired) electrons. The first-order valence-electron chi connectivity index (χ1n) is 5.91. The number of alkyl halides is 1. The van der Waals surface area contributed by atoms with Crippen LogP contribution in [-0.4, -0.2) is 16.3 Å². The van der Waals surface area contributed by atoms with Crippen molar-refractivity contribution < 1.29 is 13.9 Å². The van der Waals surface area contributed by atoms with Crippen LogP contribution in [0.15, 0.2) is 24.3 Å². The van der Waals surface area contributed by atoms with Crippen molar-refractivity contribution in [1.29, 1.82) is 0 Å². The molecule has 0 saturated heterocycles. The molecule has 0 fully saturated rings. The zero-order chi connectivity index (χ0) is 14.2. The van der Waals surface area contributed by atoms with Crippen LogP contribution in [0.5, 0.6) is 0 Å². The number of rotatable bonds is 1. The van der Waals surface area contributed by atoms with Crippen LogP contribution in [0.4, 0.5) is 9.18 Å². The van der Waals surface area contributed by atoms with Crippen LogP contribution < -0.4 is 0 Å². The van der Waals surface area contributed by atoms with Gasteiger partial charge in [-0.05, 0) is 32.9 Å². The lowest BCUT2D eigenvalue weighted by Crippen LogP contribution is -2.28. The number of ether oxygens (including phenoxy) is 1. The summed E-state index contributed by atoms with van der Waals surface area (Å²) in [5, 5.41) is 0.626. The Morgan fingerprint density at radius 2 is 2.11 bits per heavy atom. The number of para-hydroxylation sites is 1. The predicted octanol–water partition coefficient (Wildman–Crippen LogP) is 4.30. The number of hydrogen-bond acceptors (Lipinski definition) is 2. The number of benzene rings is 1. The molecule has 0 amide bonds. The van der Waals surface area contributed by atoms with Gasteiger partial charge in [-0.25, -0.2) is 13.8 Å². The molecule has 1 aromatic heterocycles. The molecule has 0 aliphatic heterocycles. The lowest BCUT2D eigenvalue weighted by atomic mass is 10.2. The van der Waals surface area contributed by atoms with E-state index >= 15 is 0 Å². The van der Waals surface area contributed by atoms with Crippen LogP contribution in [0.1, 0.15) is 26.5 Å². The second-order valence-electron chi connectivity index (χ2n) is 5.26. The summed E-state index contributed by atoms with van der Waals surface area (Å²) in [6.45, 7) is 5.27. The molecule has 0 unspecified atom stereocenters. The summed E-state index contributed by atoms with van der Waals surface area (Å²) in [6, 6.07) is 6.32. The van der Waals surface area contributed by atoms with Crippen molar-refractivity contribution in [2.75, 3.05) is 0 Å². The van der Waals surface area contributed by atoms with E-state index in [1.54, 1.807) is 39.0 Å². The topological polar surface area (TPSA) is 31.2 Å². The van der Waals surface area contributed by atoms with Gasteiger partial charge < -0.3 is 4.74 Å². The van der Waals surface area contributed by atoms with Gasteiger partial charge in [-0.1, -0.05) is 12.1 Å². The summed E-state index contributed by atoms with van der Waals surface area (Å²) in [5.41, 5.74) is 0.0612. The van der Waals surface area contributed by atoms with Gasteiger partial charge in [0.25, 0.3) is 0 Å². The molecule has 2 rings (SSSR count). The van der Waals surface area contributed by atoms with Gasteiger partial charge in [-0.2, -0.15) is 0 Å². The van der Waals surface area contributed by atoms with Crippen molar-refractivity contribution in [2.45, 2.75) is 32.3 Å². The first-order valence-corrected chi connectivity index (χ1v) is 6.45. The van der Waals surface area contributed by atoms with Gasteiger partial charge in [0, 0.05) is 11.1 Å². The number of carbonyl (C=O) groups is 1. The summed E-state index contributed by atoms with van der Waals surface area (Å²) in [4.78, 5) is 12.2. The van der Waals surface area contributed by atoms with E-state index in [0.29, 0.717) is 11.1 Å². The van der Waals surface area contributed by atoms with Crippen molar-refractivity contribution in [3.63, 3.8) is 0 Å². The first-order chi connectivity index (χ1) is 8.83. The van der Waals surface area contributed by atoms with Crippen molar-refractivity contribution in [3.05, 3.63) is 35.8 Å². The minimum Gasteiger partial charge on any atom is -0.443 e. The monoisotopic (exact) mass is 283 g/mol. The molecule has 1 aromatic carbocycles. The minimum atomic E-state index is -0.650. The average molecular weight is 284 g/mol. The highest BCUT2D eigenvalue weighted by atomic mass is 35.5. The van der Waals surface area contributed by atoms with E-state index in [2.05, 4.69) is 0 Å². The summed E-state index contributed by atoms with van der Waals surface area (Å²) in [7, 11) is 0. The van der Waals surface area contributed by atoms with Gasteiger partial charge in [-0.3, -0.25) is 0 Å². The maximum absolute atomic E-state index is 13.9. The van der Waals surface area contributed by atoms with Gasteiger partial charge in [0.15, 0.2) is 0 Å². The molecular formula is C14H15ClFNO2. The van der Waals surface area contributed by atoms with Crippen LogP contribution in [0.2, 0.25) is 0 Å². The van der Waals surface area contributed by atoms with Crippen LogP contribution in [0.25, 0.3) is 10.9 Å². The molecule has 19 heavy (non-hydrogen) atoms. The fraction of sp³-hybridized carbons (Fsp3) is 0.357. The second-order valence-corrected chi connectivity index (χ2v) is 5.53. The Labute approximate surface area is 115 Å². The first kappa shape index (κ1) is 13.9. The second kappa shape index (κ2) is 4.85. The molecule has 0 aliphatic rings. The van der Waals surface area contributed by atoms with E-state index in [1.165, 1.54) is 10.6 Å². The SMILES string of the molecule is CC(C)(C)OC(=O)n1c(CCl)cc2cccc(F)c21. The predicted molar refractivity (Wildman–Crippen MR) is 73.1 cm³/mol. The Morgan fingerprint density at radius 3 is 2.68 bits per heavy atom. The van der Waals surface area contributed by atoms with Crippen LogP contribution in [0, 0.1) is 5.82 Å². The molecule has 0 atom stereocenters. The molecule has 0 aliphatic carbocycles. The third-order valence-corrected chi connectivity index (χ3v) is 2.84. The molecule has 2 aromatic rings. The summed E-state index contributed by atoms with van der Waals surface area (Å²) in [6.07, 6.45) is -0.622. The number of fused-ring (bicyclic) bond motifs is 1. The van der Waals surface area contributed by atoms with E-state index < -0.39 is 17.5 Å². The molecule has 0 saturated carbocycles. The third kappa shape index (κ3) is 2.73. The molecule has 3 nitrogen and oxygen atoms in total. The van der Waals surface area contributed by atoms with Crippen LogP contribution >= 0.6 is 11.6 Å². The Bertz CT molecular complexity index is 628. The summed E-state index contributed by atoms with van der Waals surface area (Å²) >= 11 is 5.82. The highest BCUT2D eigenvalue weighted by Crippen LogP contribution is 2.25. The quantitative estimate of drug-likeness (QED) is 0.731. The van der Waals surface area contributed by atoms with Crippen molar-refractivity contribution >= 4 is 28.6 Å². The maximum Gasteiger partial charge on any atom is 0.419 e. The fourth-order valence-electron chi connectivity index (χ4n) is 1.89. The molecular weight excluding hydrogens is 269 g/mol. The molecule has 0 bridgehead atoms. The van der Waals surface area contributed by atoms with E-state index in [0.717, 1.165) is 0 Å². The largest absolute Gasteiger partial charge is 0.443 e. The van der Waals surface area contributed by atoms with Crippen LogP contribution in [0.3, 0.4) is 0 Å². The minimum absolute atomic E-state index is 0.105. The van der Waals surface area contributed by atoms with E-state index in [-0.39, 0.29) is 11.4 Å². The van der Waals surface area contributed by atoms with E-state index in [9.17, 15) is 9.18 Å². The number of carbonyl (C=O) groups excluding carboxylic acids is 1. The Morgan fingerprint density at radius 1 is 1.42 bits per heavy atom. The van der Waals surface area contributed by atoms with E-state index in [1.807, 2.05) is 0 Å². The Balaban J connectivity index is 2.60. The normalized spacial score (nSPS) is 11.8. The highest BCUT2D eigenvalue weighted by Gasteiger charge is 2.23. The number of aromatic nitrogens is 1. The fourth-order valence-corrected chi connectivity index (χ4v) is 2.08. The Kier molecular flexibility index (Phi) is 3.54. The van der Waals surface area contributed by atoms with Crippen molar-refractivity contribution in [1.82, 2.24) is 4.57 Å². The maximum atomic E-state index is 13.9. The molecule has 1 heterocycles. The zero-order valence-electron chi connectivity index (χ0n) is 11.0. The standard InChI is InChI=1S/C14H15ClFNO2/c1-14(2,3)19-13(18)17-10(8-15)7-9-5-4-6-11(16)12(9)17/h4-7H,8H2,1-3H3. The summed E-state index contributed by atoms with van der Waals surface area (Å²) < 4.78 is 20.4. The number of halogens is 2. The van der Waals surface area contributed by atoms with Gasteiger partial charge in [0.2, 0.25) is 0 Å². The van der Waals surface area contributed by atoms with Gasteiger partial charge in [0.05, 0.1) is 11.4 Å². The molecule has 102 valence electrons. The van der Waals surface area contributed by atoms with Gasteiger partial charge >= 0.3 is 6.09 Å². The molecule has 0 N–H and O–H groups in total. The van der Waals surface area contributed by atoms with Gasteiger partial charge in [0.1, 0.15) is 11.4 Å².